The number of fused-ring (bicyclic) bond motifs is 1. The lowest BCUT2D eigenvalue weighted by molar-refractivity contribution is 0.0168. The molecule has 6 nitrogen and oxygen atoms in total. The van der Waals surface area contributed by atoms with E-state index < -0.39 is 0 Å². The van der Waals surface area contributed by atoms with Gasteiger partial charge in [0.15, 0.2) is 0 Å². The summed E-state index contributed by atoms with van der Waals surface area (Å²) in [5.41, 5.74) is 2.41. The molecular weight excluding hydrogens is 426 g/mol. The number of likely N-dealkylation sites (tertiary alicyclic amines) is 1. The van der Waals surface area contributed by atoms with Gasteiger partial charge in [0.2, 0.25) is 0 Å². The normalized spacial score (nSPS) is 24.1. The summed E-state index contributed by atoms with van der Waals surface area (Å²) < 4.78 is 6.11. The largest absolute Gasteiger partial charge is 0.494 e. The highest BCUT2D eigenvalue weighted by Crippen LogP contribution is 2.36. The summed E-state index contributed by atoms with van der Waals surface area (Å²) in [6.45, 7) is 11.0. The highest BCUT2D eigenvalue weighted by Gasteiger charge is 2.41. The van der Waals surface area contributed by atoms with Crippen molar-refractivity contribution in [1.29, 1.82) is 0 Å². The average molecular weight is 466 g/mol. The van der Waals surface area contributed by atoms with Gasteiger partial charge in [-0.25, -0.2) is 0 Å². The van der Waals surface area contributed by atoms with Crippen LogP contribution in [0.5, 0.6) is 0 Å². The van der Waals surface area contributed by atoms with Crippen molar-refractivity contribution >= 4 is 11.8 Å². The van der Waals surface area contributed by atoms with E-state index in [2.05, 4.69) is 56.8 Å². The maximum absolute atomic E-state index is 12.7. The van der Waals surface area contributed by atoms with Crippen molar-refractivity contribution in [3.8, 4) is 0 Å². The molecule has 1 fully saturated rings. The van der Waals surface area contributed by atoms with Crippen LogP contribution in [0.3, 0.4) is 0 Å². The molecule has 2 amide bonds. The van der Waals surface area contributed by atoms with Gasteiger partial charge in [0.05, 0.1) is 17.7 Å². The molecule has 4 rings (SSSR count). The predicted octanol–water partition coefficient (Wildman–Crippen LogP) is 4.06. The number of allylic oxidation sites excluding steroid dienone is 2. The quantitative estimate of drug-likeness (QED) is 0.385. The number of ether oxygens (including phenoxy) is 1. The van der Waals surface area contributed by atoms with Gasteiger partial charge in [-0.05, 0) is 82.9 Å². The third-order valence-electron chi connectivity index (χ3n) is 7.81. The van der Waals surface area contributed by atoms with Crippen LogP contribution in [0.2, 0.25) is 0 Å². The second kappa shape index (κ2) is 10.4. The Morgan fingerprint density at radius 3 is 2.35 bits per heavy atom. The zero-order valence-electron chi connectivity index (χ0n) is 21.3. The molecule has 2 aliphatic heterocycles. The SMILES string of the molecule is CC1=C(OCCCCN(C)C)C=C[C@@H](C(C)N2CC(CN3C(=O)c4ccccc4C3=O)C2)C1C. The molecule has 184 valence electrons. The minimum absolute atomic E-state index is 0.147. The Balaban J connectivity index is 1.25. The Bertz CT molecular complexity index is 942. The second-order valence-corrected chi connectivity index (χ2v) is 10.5. The molecule has 0 aromatic heterocycles. The number of imide groups is 1. The highest BCUT2D eigenvalue weighted by atomic mass is 16.5. The summed E-state index contributed by atoms with van der Waals surface area (Å²) >= 11 is 0. The van der Waals surface area contributed by atoms with Gasteiger partial charge < -0.3 is 9.64 Å². The van der Waals surface area contributed by atoms with Crippen molar-refractivity contribution in [3.63, 3.8) is 0 Å². The molecule has 0 bridgehead atoms. The van der Waals surface area contributed by atoms with E-state index in [1.54, 1.807) is 12.1 Å². The van der Waals surface area contributed by atoms with Crippen LogP contribution in [0.25, 0.3) is 0 Å². The van der Waals surface area contributed by atoms with Gasteiger partial charge in [-0.1, -0.05) is 25.1 Å². The first-order chi connectivity index (χ1) is 16.3. The van der Waals surface area contributed by atoms with Gasteiger partial charge in [-0.3, -0.25) is 19.4 Å². The van der Waals surface area contributed by atoms with Crippen LogP contribution in [-0.2, 0) is 4.74 Å². The maximum Gasteiger partial charge on any atom is 0.261 e. The fourth-order valence-electron chi connectivity index (χ4n) is 5.43. The molecule has 1 aromatic carbocycles. The van der Waals surface area contributed by atoms with Gasteiger partial charge in [0.25, 0.3) is 11.8 Å². The number of carbonyl (C=O) groups is 2. The molecule has 1 aliphatic carbocycles. The minimum atomic E-state index is -0.147. The van der Waals surface area contributed by atoms with E-state index in [-0.39, 0.29) is 11.8 Å². The van der Waals surface area contributed by atoms with Gasteiger partial charge >= 0.3 is 0 Å². The van der Waals surface area contributed by atoms with E-state index >= 15 is 0 Å². The standard InChI is InChI=1S/C28H39N3O3/c1-19-20(2)26(34-15-9-8-14-29(4)5)13-12-23(19)21(3)30-16-22(17-30)18-31-27(32)24-10-6-7-11-25(24)28(31)33/h6-7,10-13,19,21-23H,8-9,14-18H2,1-5H3/t19?,21?,23-/m1/s1. The highest BCUT2D eigenvalue weighted by molar-refractivity contribution is 6.21. The van der Waals surface area contributed by atoms with E-state index in [4.69, 9.17) is 4.74 Å². The number of amides is 2. The fourth-order valence-corrected chi connectivity index (χ4v) is 5.43. The van der Waals surface area contributed by atoms with Crippen LogP contribution < -0.4 is 0 Å². The maximum atomic E-state index is 12.7. The van der Waals surface area contributed by atoms with E-state index in [1.165, 1.54) is 10.5 Å². The Labute approximate surface area is 204 Å². The number of nitrogens with zero attached hydrogens (tertiary/aromatic N) is 3. The van der Waals surface area contributed by atoms with Gasteiger partial charge in [-0.15, -0.1) is 0 Å². The van der Waals surface area contributed by atoms with Crippen molar-refractivity contribution in [3.05, 3.63) is 58.9 Å². The first-order valence-electron chi connectivity index (χ1n) is 12.6. The molecule has 1 aromatic rings. The number of unbranched alkanes of at least 4 members (excludes halogenated alkanes) is 1. The molecule has 2 unspecified atom stereocenters. The van der Waals surface area contributed by atoms with Crippen LogP contribution in [0.1, 0.15) is 54.3 Å². The second-order valence-electron chi connectivity index (χ2n) is 10.5. The lowest BCUT2D eigenvalue weighted by Gasteiger charge is -2.47. The Kier molecular flexibility index (Phi) is 7.58. The topological polar surface area (TPSA) is 53.1 Å². The molecule has 3 atom stereocenters. The summed E-state index contributed by atoms with van der Waals surface area (Å²) in [4.78, 5) is 31.4. The van der Waals surface area contributed by atoms with Crippen LogP contribution in [0.4, 0.5) is 0 Å². The number of benzene rings is 1. The lowest BCUT2D eigenvalue weighted by atomic mass is 9.78. The molecule has 2 heterocycles. The molecule has 0 radical (unpaired) electrons. The third-order valence-corrected chi connectivity index (χ3v) is 7.81. The zero-order valence-corrected chi connectivity index (χ0v) is 21.3. The number of hydrogen-bond acceptors (Lipinski definition) is 5. The Hall–Kier alpha value is -2.44. The summed E-state index contributed by atoms with van der Waals surface area (Å²) in [6.07, 6.45) is 6.70. The summed E-state index contributed by atoms with van der Waals surface area (Å²) in [6, 6.07) is 7.54. The lowest BCUT2D eigenvalue weighted by Crippen LogP contribution is -2.57. The third kappa shape index (κ3) is 4.98. The van der Waals surface area contributed by atoms with Gasteiger partial charge in [-0.2, -0.15) is 0 Å². The van der Waals surface area contributed by atoms with Crippen molar-refractivity contribution < 1.29 is 14.3 Å². The summed E-state index contributed by atoms with van der Waals surface area (Å²) in [5.74, 6) is 1.93. The predicted molar refractivity (Wildman–Crippen MR) is 135 cm³/mol. The van der Waals surface area contributed by atoms with Crippen LogP contribution >= 0.6 is 0 Å². The number of hydrogen-bond donors (Lipinski definition) is 0. The molecule has 6 heteroatoms. The van der Waals surface area contributed by atoms with Crippen molar-refractivity contribution in [2.45, 2.75) is 39.7 Å². The smallest absolute Gasteiger partial charge is 0.261 e. The van der Waals surface area contributed by atoms with Crippen molar-refractivity contribution in [2.24, 2.45) is 17.8 Å². The van der Waals surface area contributed by atoms with Crippen molar-refractivity contribution in [1.82, 2.24) is 14.7 Å². The number of rotatable bonds is 10. The monoisotopic (exact) mass is 465 g/mol. The Morgan fingerprint density at radius 1 is 1.09 bits per heavy atom. The molecule has 0 N–H and O–H groups in total. The molecule has 0 spiro atoms. The number of carbonyl (C=O) groups excluding carboxylic acids is 2. The molecule has 1 saturated heterocycles. The molecule has 34 heavy (non-hydrogen) atoms. The van der Waals surface area contributed by atoms with Crippen LogP contribution in [-0.4, -0.2) is 79.4 Å². The zero-order chi connectivity index (χ0) is 24.4. The molecule has 0 saturated carbocycles. The average Bonchev–Trinajstić information content (AvgIpc) is 3.02. The van der Waals surface area contributed by atoms with E-state index in [1.807, 2.05) is 12.1 Å². The summed E-state index contributed by atoms with van der Waals surface area (Å²) in [5, 5.41) is 0. The van der Waals surface area contributed by atoms with Gasteiger partial charge in [0, 0.05) is 31.6 Å². The van der Waals surface area contributed by atoms with Crippen LogP contribution in [0, 0.1) is 17.8 Å². The van der Waals surface area contributed by atoms with Gasteiger partial charge in [0.1, 0.15) is 5.76 Å². The van der Waals surface area contributed by atoms with E-state index in [0.717, 1.165) is 44.8 Å². The minimum Gasteiger partial charge on any atom is -0.494 e. The first-order valence-corrected chi connectivity index (χ1v) is 12.6. The first kappa shape index (κ1) is 24.7. The summed E-state index contributed by atoms with van der Waals surface area (Å²) in [7, 11) is 4.20. The fraction of sp³-hybridized carbons (Fsp3) is 0.571. The van der Waals surface area contributed by atoms with Crippen molar-refractivity contribution in [2.75, 3.05) is 46.9 Å². The van der Waals surface area contributed by atoms with E-state index in [9.17, 15) is 9.59 Å². The molecule has 3 aliphatic rings. The molecular formula is C28H39N3O3. The Morgan fingerprint density at radius 2 is 1.74 bits per heavy atom. The van der Waals surface area contributed by atoms with Crippen LogP contribution in [0.15, 0.2) is 47.7 Å². The van der Waals surface area contributed by atoms with E-state index in [0.29, 0.717) is 41.5 Å².